The van der Waals surface area contributed by atoms with Crippen molar-refractivity contribution in [3.05, 3.63) is 29.8 Å². The summed E-state index contributed by atoms with van der Waals surface area (Å²) in [6, 6.07) is 6.23. The van der Waals surface area contributed by atoms with Crippen LogP contribution in [0.4, 0.5) is 0 Å². The molecule has 0 N–H and O–H groups in total. The normalized spacial score (nSPS) is 16.4. The Bertz CT molecular complexity index is 590. The number of nitrogens with zero attached hydrogens (tertiary/aromatic N) is 1. The molecule has 0 atom stereocenters. The minimum atomic E-state index is -4.12. The Labute approximate surface area is 98.1 Å². The number of fused-ring (bicyclic) bond motifs is 1. The molecule has 0 bridgehead atoms. The van der Waals surface area contributed by atoms with Crippen molar-refractivity contribution in [2.24, 2.45) is 4.40 Å². The molecule has 1 aromatic carbocycles. The zero-order valence-electron chi connectivity index (χ0n) is 8.91. The van der Waals surface area contributed by atoms with Crippen LogP contribution in [0.5, 0.6) is 5.75 Å². The van der Waals surface area contributed by atoms with Crippen LogP contribution in [-0.2, 0) is 19.8 Å². The predicted octanol–water partition coefficient (Wildman–Crippen LogP) is 0.676. The second-order valence-electron chi connectivity index (χ2n) is 3.17. The van der Waals surface area contributed by atoms with Gasteiger partial charge in [0.15, 0.2) is 11.5 Å². The third-order valence-electron chi connectivity index (χ3n) is 2.01. The third-order valence-corrected chi connectivity index (χ3v) is 2.81. The molecule has 0 fully saturated rings. The van der Waals surface area contributed by atoms with Crippen LogP contribution in [0, 0.1) is 0 Å². The van der Waals surface area contributed by atoms with Gasteiger partial charge in [-0.25, -0.2) is 4.79 Å². The van der Waals surface area contributed by atoms with Crippen molar-refractivity contribution in [2.75, 3.05) is 6.61 Å². The Hall–Kier alpha value is -1.89. The van der Waals surface area contributed by atoms with Gasteiger partial charge in [0, 0.05) is 0 Å². The fraction of sp³-hybridized carbons (Fsp3) is 0.200. The van der Waals surface area contributed by atoms with Crippen LogP contribution in [0.15, 0.2) is 28.7 Å². The molecule has 1 aromatic rings. The summed E-state index contributed by atoms with van der Waals surface area (Å²) in [5, 5.41) is 0. The molecular formula is C10H9NO5S. The molecule has 6 nitrogen and oxygen atoms in total. The van der Waals surface area contributed by atoms with E-state index in [9.17, 15) is 13.2 Å². The monoisotopic (exact) mass is 255 g/mol. The summed E-state index contributed by atoms with van der Waals surface area (Å²) < 4.78 is 35.3. The number of carbonyl (C=O) groups excluding carboxylic acids is 1. The van der Waals surface area contributed by atoms with Gasteiger partial charge in [-0.1, -0.05) is 12.1 Å². The van der Waals surface area contributed by atoms with Crippen LogP contribution in [-0.4, -0.2) is 26.7 Å². The van der Waals surface area contributed by atoms with Crippen LogP contribution in [0.3, 0.4) is 0 Å². The van der Waals surface area contributed by atoms with Crippen molar-refractivity contribution in [3.63, 3.8) is 0 Å². The quantitative estimate of drug-likeness (QED) is 0.725. The maximum atomic E-state index is 11.6. The maximum absolute atomic E-state index is 11.6. The summed E-state index contributed by atoms with van der Waals surface area (Å²) in [6.07, 6.45) is 0. The molecule has 7 heteroatoms. The van der Waals surface area contributed by atoms with Crippen molar-refractivity contribution in [2.45, 2.75) is 6.92 Å². The van der Waals surface area contributed by atoms with Crippen molar-refractivity contribution in [3.8, 4) is 5.75 Å². The van der Waals surface area contributed by atoms with Gasteiger partial charge in [0.1, 0.15) is 0 Å². The molecule has 0 spiro atoms. The zero-order valence-corrected chi connectivity index (χ0v) is 9.73. The molecule has 0 saturated carbocycles. The zero-order chi connectivity index (χ0) is 12.5. The van der Waals surface area contributed by atoms with Gasteiger partial charge in [-0.3, -0.25) is 0 Å². The molecule has 17 heavy (non-hydrogen) atoms. The Balaban J connectivity index is 2.55. The largest absolute Gasteiger partial charge is 0.461 e. The smallest absolute Gasteiger partial charge is 0.429 e. The second kappa shape index (κ2) is 4.17. The van der Waals surface area contributed by atoms with E-state index in [0.717, 1.165) is 0 Å². The minimum absolute atomic E-state index is 0.0746. The number of carbonyl (C=O) groups is 1. The lowest BCUT2D eigenvalue weighted by Gasteiger charge is -2.15. The first kappa shape index (κ1) is 11.6. The van der Waals surface area contributed by atoms with Gasteiger partial charge in [0.05, 0.1) is 12.2 Å². The van der Waals surface area contributed by atoms with Crippen molar-refractivity contribution in [1.82, 2.24) is 0 Å². The Morgan fingerprint density at radius 2 is 2.12 bits per heavy atom. The number of hydrogen-bond acceptors (Lipinski definition) is 5. The fourth-order valence-corrected chi connectivity index (χ4v) is 2.18. The maximum Gasteiger partial charge on any atom is 0.429 e. The summed E-state index contributed by atoms with van der Waals surface area (Å²) in [4.78, 5) is 11.6. The van der Waals surface area contributed by atoms with Gasteiger partial charge < -0.3 is 8.92 Å². The van der Waals surface area contributed by atoms with E-state index in [2.05, 4.69) is 8.58 Å². The van der Waals surface area contributed by atoms with Gasteiger partial charge >= 0.3 is 16.3 Å². The average molecular weight is 255 g/mol. The van der Waals surface area contributed by atoms with Crippen molar-refractivity contribution in [1.29, 1.82) is 0 Å². The van der Waals surface area contributed by atoms with E-state index in [1.807, 2.05) is 0 Å². The van der Waals surface area contributed by atoms with Gasteiger partial charge in [0.2, 0.25) is 0 Å². The number of para-hydroxylation sites is 1. The van der Waals surface area contributed by atoms with Gasteiger partial charge in [-0.05, 0) is 19.1 Å². The highest BCUT2D eigenvalue weighted by molar-refractivity contribution is 7.86. The lowest BCUT2D eigenvalue weighted by atomic mass is 10.1. The van der Waals surface area contributed by atoms with Crippen LogP contribution >= 0.6 is 0 Å². The number of hydrogen-bond donors (Lipinski definition) is 0. The van der Waals surface area contributed by atoms with E-state index in [4.69, 9.17) is 4.74 Å². The van der Waals surface area contributed by atoms with Crippen molar-refractivity contribution >= 4 is 22.0 Å². The lowest BCUT2D eigenvalue weighted by molar-refractivity contribution is -0.134. The van der Waals surface area contributed by atoms with E-state index < -0.39 is 16.3 Å². The molecule has 0 unspecified atom stereocenters. The first-order chi connectivity index (χ1) is 8.03. The van der Waals surface area contributed by atoms with E-state index in [-0.39, 0.29) is 18.1 Å². The fourth-order valence-electron chi connectivity index (χ4n) is 1.37. The van der Waals surface area contributed by atoms with E-state index in [0.29, 0.717) is 5.56 Å². The van der Waals surface area contributed by atoms with Gasteiger partial charge in [-0.2, -0.15) is 8.42 Å². The summed E-state index contributed by atoms with van der Waals surface area (Å²) in [5.74, 6) is -0.711. The van der Waals surface area contributed by atoms with Crippen LogP contribution in [0.2, 0.25) is 0 Å². The summed E-state index contributed by atoms with van der Waals surface area (Å²) in [5.41, 5.74) is 0.0504. The highest BCUT2D eigenvalue weighted by atomic mass is 32.2. The standard InChI is InChI=1S/C10H9NO5S/c1-2-15-10(12)9-7-5-3-4-6-8(7)16-17(13,14)11-9/h3-6H,2H2,1H3. The number of esters is 1. The average Bonchev–Trinajstić information content (AvgIpc) is 2.27. The van der Waals surface area contributed by atoms with Gasteiger partial charge in [-0.15, -0.1) is 4.40 Å². The molecule has 0 radical (unpaired) electrons. The Morgan fingerprint density at radius 3 is 2.82 bits per heavy atom. The molecular weight excluding hydrogens is 246 g/mol. The van der Waals surface area contributed by atoms with E-state index >= 15 is 0 Å². The molecule has 1 heterocycles. The van der Waals surface area contributed by atoms with Crippen molar-refractivity contribution < 1.29 is 22.1 Å². The minimum Gasteiger partial charge on any atom is -0.461 e. The topological polar surface area (TPSA) is 82.0 Å². The highest BCUT2D eigenvalue weighted by Crippen LogP contribution is 2.26. The van der Waals surface area contributed by atoms with Crippen LogP contribution < -0.4 is 4.18 Å². The Morgan fingerprint density at radius 1 is 1.41 bits per heavy atom. The molecule has 0 aromatic heterocycles. The molecule has 0 saturated heterocycles. The predicted molar refractivity (Wildman–Crippen MR) is 59.2 cm³/mol. The Kier molecular flexibility index (Phi) is 2.84. The highest BCUT2D eigenvalue weighted by Gasteiger charge is 2.29. The molecule has 0 aliphatic carbocycles. The van der Waals surface area contributed by atoms with Gasteiger partial charge in [0.25, 0.3) is 0 Å². The molecule has 90 valence electrons. The number of benzene rings is 1. The van der Waals surface area contributed by atoms with E-state index in [1.165, 1.54) is 6.07 Å². The third kappa shape index (κ3) is 2.28. The summed E-state index contributed by atoms with van der Waals surface area (Å²) >= 11 is 0. The number of ether oxygens (including phenoxy) is 1. The number of rotatable bonds is 2. The second-order valence-corrected chi connectivity index (χ2v) is 4.37. The SMILES string of the molecule is CCOC(=O)C1=NS(=O)(=O)Oc2ccccc21. The van der Waals surface area contributed by atoms with E-state index in [1.54, 1.807) is 25.1 Å². The summed E-state index contributed by atoms with van der Waals surface area (Å²) in [7, 11) is -4.12. The molecule has 1 aliphatic rings. The summed E-state index contributed by atoms with van der Waals surface area (Å²) in [6.45, 7) is 1.76. The first-order valence-corrected chi connectivity index (χ1v) is 6.21. The molecule has 0 amide bonds. The molecule has 2 rings (SSSR count). The molecule has 1 aliphatic heterocycles. The van der Waals surface area contributed by atoms with Crippen LogP contribution in [0.1, 0.15) is 12.5 Å². The first-order valence-electron chi connectivity index (χ1n) is 4.84. The lowest BCUT2D eigenvalue weighted by Crippen LogP contribution is -2.26. The van der Waals surface area contributed by atoms with Crippen LogP contribution in [0.25, 0.3) is 0 Å².